The Morgan fingerprint density at radius 3 is 2.70 bits per heavy atom. The number of benzene rings is 1. The van der Waals surface area contributed by atoms with Crippen LogP contribution < -0.4 is 5.32 Å². The molecule has 2 aromatic rings. The summed E-state index contributed by atoms with van der Waals surface area (Å²) < 4.78 is 5.71. The molecule has 0 saturated carbocycles. The monoisotopic (exact) mass is 317 g/mol. The summed E-state index contributed by atoms with van der Waals surface area (Å²) in [6, 6.07) is 5.41. The minimum Gasteiger partial charge on any atom is -0.440 e. The smallest absolute Gasteiger partial charge is 0.251 e. The molecule has 5 heteroatoms. The van der Waals surface area contributed by atoms with E-state index < -0.39 is 0 Å². The van der Waals surface area contributed by atoms with E-state index in [1.54, 1.807) is 12.1 Å². The van der Waals surface area contributed by atoms with E-state index >= 15 is 0 Å². The van der Waals surface area contributed by atoms with Gasteiger partial charge >= 0.3 is 0 Å². The van der Waals surface area contributed by atoms with E-state index in [1.807, 2.05) is 19.9 Å². The molecule has 1 N–H and O–H groups in total. The molecule has 0 aliphatic carbocycles. The standard InChI is InChI=1S/C18H27N3O2/c1-5-21(6-2)11-7-10-19-17(22)14-8-9-15-16(12-14)23-18(20-15)13(3)4/h8-9,12-13H,5-7,10-11H2,1-4H3,(H,19,22). The molecule has 0 aliphatic heterocycles. The van der Waals surface area contributed by atoms with Crippen LogP contribution in [0.25, 0.3) is 11.1 Å². The topological polar surface area (TPSA) is 58.4 Å². The number of nitrogens with one attached hydrogen (secondary N) is 1. The first-order chi connectivity index (χ1) is 11.0. The average molecular weight is 317 g/mol. The van der Waals surface area contributed by atoms with Gasteiger partial charge in [0.15, 0.2) is 11.5 Å². The van der Waals surface area contributed by atoms with Crippen molar-refractivity contribution in [3.8, 4) is 0 Å². The van der Waals surface area contributed by atoms with Crippen molar-refractivity contribution >= 4 is 17.0 Å². The van der Waals surface area contributed by atoms with Gasteiger partial charge in [0.05, 0.1) is 0 Å². The highest BCUT2D eigenvalue weighted by Crippen LogP contribution is 2.22. The van der Waals surface area contributed by atoms with E-state index in [-0.39, 0.29) is 11.8 Å². The van der Waals surface area contributed by atoms with Gasteiger partial charge in [-0.15, -0.1) is 0 Å². The van der Waals surface area contributed by atoms with Crippen LogP contribution in [0.2, 0.25) is 0 Å². The van der Waals surface area contributed by atoms with Gasteiger partial charge in [0.25, 0.3) is 5.91 Å². The highest BCUT2D eigenvalue weighted by atomic mass is 16.3. The van der Waals surface area contributed by atoms with Crippen LogP contribution in [0.4, 0.5) is 0 Å². The Hall–Kier alpha value is -1.88. The number of amides is 1. The molecule has 0 bridgehead atoms. The van der Waals surface area contributed by atoms with E-state index in [1.165, 1.54) is 0 Å². The van der Waals surface area contributed by atoms with Gasteiger partial charge < -0.3 is 14.6 Å². The summed E-state index contributed by atoms with van der Waals surface area (Å²) in [4.78, 5) is 19.0. The summed E-state index contributed by atoms with van der Waals surface area (Å²) in [6.45, 7) is 12.2. The zero-order chi connectivity index (χ0) is 16.8. The lowest BCUT2D eigenvalue weighted by atomic mass is 10.2. The van der Waals surface area contributed by atoms with Crippen molar-refractivity contribution in [2.75, 3.05) is 26.2 Å². The molecular formula is C18H27N3O2. The molecule has 0 fully saturated rings. The Morgan fingerprint density at radius 1 is 1.30 bits per heavy atom. The van der Waals surface area contributed by atoms with Crippen molar-refractivity contribution in [1.29, 1.82) is 0 Å². The number of hydrogen-bond donors (Lipinski definition) is 1. The van der Waals surface area contributed by atoms with Crippen LogP contribution in [0.1, 0.15) is 56.3 Å². The third kappa shape index (κ3) is 4.55. The summed E-state index contributed by atoms with van der Waals surface area (Å²) in [5, 5.41) is 2.97. The van der Waals surface area contributed by atoms with Crippen LogP contribution in [0.3, 0.4) is 0 Å². The second-order valence-electron chi connectivity index (χ2n) is 6.03. The van der Waals surface area contributed by atoms with Crippen molar-refractivity contribution < 1.29 is 9.21 Å². The number of oxazole rings is 1. The van der Waals surface area contributed by atoms with Crippen LogP contribution in [0.15, 0.2) is 22.6 Å². The second kappa shape index (κ2) is 8.11. The third-order valence-corrected chi connectivity index (χ3v) is 3.99. The van der Waals surface area contributed by atoms with Gasteiger partial charge in [0.1, 0.15) is 5.52 Å². The minimum atomic E-state index is -0.0612. The number of nitrogens with zero attached hydrogens (tertiary/aromatic N) is 2. The highest BCUT2D eigenvalue weighted by Gasteiger charge is 2.12. The predicted molar refractivity (Wildman–Crippen MR) is 92.8 cm³/mol. The van der Waals surface area contributed by atoms with Crippen molar-refractivity contribution in [2.45, 2.75) is 40.0 Å². The van der Waals surface area contributed by atoms with E-state index in [0.717, 1.165) is 31.6 Å². The fourth-order valence-electron chi connectivity index (χ4n) is 2.48. The molecule has 1 aromatic heterocycles. The van der Waals surface area contributed by atoms with Crippen molar-refractivity contribution in [1.82, 2.24) is 15.2 Å². The fourth-order valence-corrected chi connectivity index (χ4v) is 2.48. The number of carbonyl (C=O) groups is 1. The largest absolute Gasteiger partial charge is 0.440 e. The van der Waals surface area contributed by atoms with Gasteiger partial charge in [-0.2, -0.15) is 0 Å². The van der Waals surface area contributed by atoms with E-state index in [4.69, 9.17) is 4.42 Å². The third-order valence-electron chi connectivity index (χ3n) is 3.99. The van der Waals surface area contributed by atoms with Crippen LogP contribution in [0.5, 0.6) is 0 Å². The Balaban J connectivity index is 1.93. The summed E-state index contributed by atoms with van der Waals surface area (Å²) in [5.41, 5.74) is 2.09. The molecule has 2 rings (SSSR count). The maximum Gasteiger partial charge on any atom is 0.251 e. The zero-order valence-electron chi connectivity index (χ0n) is 14.6. The summed E-state index contributed by atoms with van der Waals surface area (Å²) in [7, 11) is 0. The first kappa shape index (κ1) is 17.5. The molecule has 1 heterocycles. The van der Waals surface area contributed by atoms with E-state index in [9.17, 15) is 4.79 Å². The molecule has 0 spiro atoms. The maximum atomic E-state index is 12.2. The van der Waals surface area contributed by atoms with Gasteiger partial charge in [0, 0.05) is 18.0 Å². The SMILES string of the molecule is CCN(CC)CCCNC(=O)c1ccc2nc(C(C)C)oc2c1. The highest BCUT2D eigenvalue weighted by molar-refractivity contribution is 5.96. The molecule has 1 amide bonds. The Labute approximate surface area is 138 Å². The van der Waals surface area contributed by atoms with Gasteiger partial charge in [-0.25, -0.2) is 4.98 Å². The molecule has 0 radical (unpaired) electrons. The first-order valence-corrected chi connectivity index (χ1v) is 8.46. The molecule has 0 unspecified atom stereocenters. The molecule has 5 nitrogen and oxygen atoms in total. The molecule has 0 saturated heterocycles. The summed E-state index contributed by atoms with van der Waals surface area (Å²) in [6.07, 6.45) is 0.954. The van der Waals surface area contributed by atoms with Gasteiger partial charge in [-0.3, -0.25) is 4.79 Å². The predicted octanol–water partition coefficient (Wildman–Crippen LogP) is 3.41. The Kier molecular flexibility index (Phi) is 6.16. The van der Waals surface area contributed by atoms with Gasteiger partial charge in [0.2, 0.25) is 0 Å². The molecule has 1 aromatic carbocycles. The minimum absolute atomic E-state index is 0.0612. The van der Waals surface area contributed by atoms with Crippen LogP contribution in [-0.4, -0.2) is 42.0 Å². The van der Waals surface area contributed by atoms with E-state index in [0.29, 0.717) is 23.6 Å². The number of fused-ring (bicyclic) bond motifs is 1. The summed E-state index contributed by atoms with van der Waals surface area (Å²) in [5.74, 6) is 0.880. The maximum absolute atomic E-state index is 12.2. The number of aromatic nitrogens is 1. The van der Waals surface area contributed by atoms with Crippen molar-refractivity contribution in [3.05, 3.63) is 29.7 Å². The van der Waals surface area contributed by atoms with Gasteiger partial charge in [-0.1, -0.05) is 27.7 Å². The van der Waals surface area contributed by atoms with Crippen LogP contribution in [-0.2, 0) is 0 Å². The van der Waals surface area contributed by atoms with Gasteiger partial charge in [-0.05, 0) is 44.3 Å². The second-order valence-corrected chi connectivity index (χ2v) is 6.03. The summed E-state index contributed by atoms with van der Waals surface area (Å²) >= 11 is 0. The average Bonchev–Trinajstić information content (AvgIpc) is 2.98. The number of rotatable bonds is 8. The number of carbonyl (C=O) groups excluding carboxylic acids is 1. The van der Waals surface area contributed by atoms with Crippen LogP contribution >= 0.6 is 0 Å². The quantitative estimate of drug-likeness (QED) is 0.758. The molecule has 0 atom stereocenters. The number of hydrogen-bond acceptors (Lipinski definition) is 4. The molecule has 126 valence electrons. The van der Waals surface area contributed by atoms with Crippen molar-refractivity contribution in [2.24, 2.45) is 0 Å². The van der Waals surface area contributed by atoms with Crippen molar-refractivity contribution in [3.63, 3.8) is 0 Å². The lowest BCUT2D eigenvalue weighted by Crippen LogP contribution is -2.29. The lowest BCUT2D eigenvalue weighted by molar-refractivity contribution is 0.0952. The Bertz CT molecular complexity index is 645. The normalized spacial score (nSPS) is 11.6. The fraction of sp³-hybridized carbons (Fsp3) is 0.556. The van der Waals surface area contributed by atoms with Crippen LogP contribution in [0, 0.1) is 0 Å². The lowest BCUT2D eigenvalue weighted by Gasteiger charge is -2.17. The molecule has 0 aliphatic rings. The van der Waals surface area contributed by atoms with E-state index in [2.05, 4.69) is 29.0 Å². The molecular weight excluding hydrogens is 290 g/mol. The molecule has 23 heavy (non-hydrogen) atoms. The first-order valence-electron chi connectivity index (χ1n) is 8.46. The zero-order valence-corrected chi connectivity index (χ0v) is 14.6. The Morgan fingerprint density at radius 2 is 2.04 bits per heavy atom.